The summed E-state index contributed by atoms with van der Waals surface area (Å²) in [6, 6.07) is 0. The molecule has 0 saturated heterocycles. The van der Waals surface area contributed by atoms with Gasteiger partial charge in [0, 0.05) is 40.5 Å². The molecule has 0 aliphatic carbocycles. The Kier molecular flexibility index (Phi) is 10.8. The zero-order valence-electron chi connectivity index (χ0n) is 9.62. The maximum Gasteiger partial charge on any atom is 0.0593 e. The van der Waals surface area contributed by atoms with Gasteiger partial charge in [-0.1, -0.05) is 0 Å². The van der Waals surface area contributed by atoms with Gasteiger partial charge in [-0.05, 0) is 6.92 Å². The Morgan fingerprint density at radius 1 is 0.857 bits per heavy atom. The van der Waals surface area contributed by atoms with E-state index in [0.717, 1.165) is 46.1 Å². The second-order valence-electron chi connectivity index (χ2n) is 3.02. The largest absolute Gasteiger partial charge is 0.383 e. The normalized spacial score (nSPS) is 11.1. The highest BCUT2D eigenvalue weighted by atomic mass is 16.5. The molecule has 4 nitrogen and oxygen atoms in total. The zero-order valence-corrected chi connectivity index (χ0v) is 9.62. The summed E-state index contributed by atoms with van der Waals surface area (Å²) in [6.45, 7) is 7.91. The first kappa shape index (κ1) is 13.8. The fourth-order valence-corrected chi connectivity index (χ4v) is 1.11. The van der Waals surface area contributed by atoms with Crippen molar-refractivity contribution >= 4 is 0 Å². The first-order chi connectivity index (χ1) is 6.85. The molecule has 0 aromatic rings. The molecular weight excluding hydrogens is 182 g/mol. The summed E-state index contributed by atoms with van der Waals surface area (Å²) >= 11 is 0. The van der Waals surface area contributed by atoms with E-state index in [2.05, 4.69) is 4.90 Å². The molecule has 86 valence electrons. The van der Waals surface area contributed by atoms with E-state index < -0.39 is 0 Å². The van der Waals surface area contributed by atoms with E-state index in [1.165, 1.54) is 0 Å². The van der Waals surface area contributed by atoms with E-state index in [-0.39, 0.29) is 0 Å². The Labute approximate surface area is 87.1 Å². The molecule has 0 fully saturated rings. The van der Waals surface area contributed by atoms with Gasteiger partial charge in [-0.3, -0.25) is 4.90 Å². The Bertz CT molecular complexity index is 104. The van der Waals surface area contributed by atoms with Crippen LogP contribution in [0.2, 0.25) is 0 Å². The van der Waals surface area contributed by atoms with E-state index in [9.17, 15) is 0 Å². The molecule has 0 unspecified atom stereocenters. The lowest BCUT2D eigenvalue weighted by atomic mass is 10.4. The molecule has 4 heteroatoms. The fourth-order valence-electron chi connectivity index (χ4n) is 1.11. The SMILES string of the molecule is CCOCCN(CCOC)CCOC. The predicted molar refractivity (Wildman–Crippen MR) is 56.7 cm³/mol. The van der Waals surface area contributed by atoms with Gasteiger partial charge in [0.2, 0.25) is 0 Å². The molecule has 0 aliphatic rings. The second-order valence-corrected chi connectivity index (χ2v) is 3.02. The van der Waals surface area contributed by atoms with Crippen molar-refractivity contribution in [3.63, 3.8) is 0 Å². The Morgan fingerprint density at radius 3 is 1.79 bits per heavy atom. The van der Waals surface area contributed by atoms with Gasteiger partial charge < -0.3 is 14.2 Å². The lowest BCUT2D eigenvalue weighted by Gasteiger charge is -2.21. The van der Waals surface area contributed by atoms with Crippen LogP contribution in [0, 0.1) is 0 Å². The molecule has 0 radical (unpaired) electrons. The molecule has 0 aromatic heterocycles. The van der Waals surface area contributed by atoms with Crippen LogP contribution in [-0.4, -0.2) is 65.2 Å². The van der Waals surface area contributed by atoms with Gasteiger partial charge in [0.25, 0.3) is 0 Å². The second kappa shape index (κ2) is 10.9. The Balaban J connectivity index is 3.49. The number of ether oxygens (including phenoxy) is 3. The maximum atomic E-state index is 5.30. The minimum absolute atomic E-state index is 0.760. The molecule has 0 atom stereocenters. The van der Waals surface area contributed by atoms with Crippen LogP contribution in [0.5, 0.6) is 0 Å². The summed E-state index contributed by atoms with van der Waals surface area (Å²) in [5.74, 6) is 0. The average molecular weight is 205 g/mol. The fraction of sp³-hybridized carbons (Fsp3) is 1.00. The van der Waals surface area contributed by atoms with Crippen LogP contribution in [-0.2, 0) is 14.2 Å². The van der Waals surface area contributed by atoms with Gasteiger partial charge in [0.05, 0.1) is 19.8 Å². The predicted octanol–water partition coefficient (Wildman–Crippen LogP) is 0.618. The maximum absolute atomic E-state index is 5.30. The van der Waals surface area contributed by atoms with Crippen molar-refractivity contribution in [2.75, 3.05) is 60.3 Å². The summed E-state index contributed by atoms with van der Waals surface area (Å²) < 4.78 is 15.4. The first-order valence-corrected chi connectivity index (χ1v) is 5.13. The van der Waals surface area contributed by atoms with E-state index in [1.807, 2.05) is 6.92 Å². The zero-order chi connectivity index (χ0) is 10.6. The van der Waals surface area contributed by atoms with Crippen molar-refractivity contribution in [1.29, 1.82) is 0 Å². The van der Waals surface area contributed by atoms with Gasteiger partial charge in [-0.15, -0.1) is 0 Å². The van der Waals surface area contributed by atoms with E-state index in [1.54, 1.807) is 14.2 Å². The van der Waals surface area contributed by atoms with Crippen LogP contribution in [0.1, 0.15) is 6.92 Å². The molecule has 0 amide bonds. The molecule has 0 aliphatic heterocycles. The number of nitrogens with zero attached hydrogens (tertiary/aromatic N) is 1. The van der Waals surface area contributed by atoms with Gasteiger partial charge in [0.1, 0.15) is 0 Å². The highest BCUT2D eigenvalue weighted by Gasteiger charge is 2.03. The van der Waals surface area contributed by atoms with E-state index in [0.29, 0.717) is 0 Å². The summed E-state index contributed by atoms with van der Waals surface area (Å²) in [5.41, 5.74) is 0. The van der Waals surface area contributed by atoms with Gasteiger partial charge in [0.15, 0.2) is 0 Å². The summed E-state index contributed by atoms with van der Waals surface area (Å²) in [5, 5.41) is 0. The van der Waals surface area contributed by atoms with Crippen LogP contribution in [0.4, 0.5) is 0 Å². The highest BCUT2D eigenvalue weighted by molar-refractivity contribution is 4.56. The third-order valence-electron chi connectivity index (χ3n) is 1.98. The average Bonchev–Trinajstić information content (AvgIpc) is 2.21. The van der Waals surface area contributed by atoms with Crippen molar-refractivity contribution in [2.45, 2.75) is 6.92 Å². The van der Waals surface area contributed by atoms with Crippen molar-refractivity contribution in [2.24, 2.45) is 0 Å². The van der Waals surface area contributed by atoms with Crippen LogP contribution in [0.25, 0.3) is 0 Å². The first-order valence-electron chi connectivity index (χ1n) is 5.13. The summed E-state index contributed by atoms with van der Waals surface area (Å²) in [6.07, 6.45) is 0. The smallest absolute Gasteiger partial charge is 0.0593 e. The Hall–Kier alpha value is -0.160. The number of hydrogen-bond acceptors (Lipinski definition) is 4. The lowest BCUT2D eigenvalue weighted by molar-refractivity contribution is 0.0773. The number of methoxy groups -OCH3 is 2. The molecular formula is C10H23NO3. The van der Waals surface area contributed by atoms with Crippen LogP contribution in [0.3, 0.4) is 0 Å². The summed E-state index contributed by atoms with van der Waals surface area (Å²) in [4.78, 5) is 2.28. The third-order valence-corrected chi connectivity index (χ3v) is 1.98. The standard InChI is InChI=1S/C10H23NO3/c1-4-14-10-7-11(5-8-12-2)6-9-13-3/h4-10H2,1-3H3. The van der Waals surface area contributed by atoms with Gasteiger partial charge in [-0.2, -0.15) is 0 Å². The molecule has 0 heterocycles. The monoisotopic (exact) mass is 205 g/mol. The quantitative estimate of drug-likeness (QED) is 0.489. The molecule has 0 saturated carbocycles. The van der Waals surface area contributed by atoms with Crippen molar-refractivity contribution in [3.05, 3.63) is 0 Å². The van der Waals surface area contributed by atoms with Crippen molar-refractivity contribution < 1.29 is 14.2 Å². The summed E-state index contributed by atoms with van der Waals surface area (Å²) in [7, 11) is 3.44. The minimum atomic E-state index is 0.760. The van der Waals surface area contributed by atoms with E-state index in [4.69, 9.17) is 14.2 Å². The number of rotatable bonds is 10. The Morgan fingerprint density at radius 2 is 1.36 bits per heavy atom. The highest BCUT2D eigenvalue weighted by Crippen LogP contribution is 1.89. The van der Waals surface area contributed by atoms with Crippen molar-refractivity contribution in [3.8, 4) is 0 Å². The molecule has 0 bridgehead atoms. The minimum Gasteiger partial charge on any atom is -0.383 e. The van der Waals surface area contributed by atoms with Crippen LogP contribution in [0.15, 0.2) is 0 Å². The molecule has 0 rings (SSSR count). The lowest BCUT2D eigenvalue weighted by Crippen LogP contribution is -2.33. The molecule has 14 heavy (non-hydrogen) atoms. The van der Waals surface area contributed by atoms with Gasteiger partial charge >= 0.3 is 0 Å². The third kappa shape index (κ3) is 8.44. The molecule has 0 N–H and O–H groups in total. The molecule has 0 aromatic carbocycles. The van der Waals surface area contributed by atoms with E-state index >= 15 is 0 Å². The van der Waals surface area contributed by atoms with Crippen LogP contribution >= 0.6 is 0 Å². The topological polar surface area (TPSA) is 30.9 Å². The molecule has 0 spiro atoms. The van der Waals surface area contributed by atoms with Gasteiger partial charge in [-0.25, -0.2) is 0 Å². The van der Waals surface area contributed by atoms with Crippen LogP contribution < -0.4 is 0 Å². The number of hydrogen-bond donors (Lipinski definition) is 0. The van der Waals surface area contributed by atoms with Crippen molar-refractivity contribution in [1.82, 2.24) is 4.90 Å².